The molecule has 1 unspecified atom stereocenters. The van der Waals surface area contributed by atoms with Crippen LogP contribution >= 0.6 is 0 Å². The van der Waals surface area contributed by atoms with Gasteiger partial charge in [0.1, 0.15) is 5.92 Å². The topological polar surface area (TPSA) is 48.4 Å². The van der Waals surface area contributed by atoms with Gasteiger partial charge in [0.05, 0.1) is 0 Å². The first-order valence-corrected chi connectivity index (χ1v) is 5.75. The van der Waals surface area contributed by atoms with E-state index < -0.39 is 0 Å². The normalized spacial score (nSPS) is 17.4. The number of fused-ring (bicyclic) bond motifs is 1. The molecule has 3 heteroatoms. The summed E-state index contributed by atoms with van der Waals surface area (Å²) in [6.07, 6.45) is 0. The van der Waals surface area contributed by atoms with Gasteiger partial charge in [0.15, 0.2) is 4.98 Å². The van der Waals surface area contributed by atoms with Crippen molar-refractivity contribution in [1.82, 2.24) is 0 Å². The van der Waals surface area contributed by atoms with E-state index in [4.69, 9.17) is 5.39 Å². The molecule has 3 rings (SSSR count). The van der Waals surface area contributed by atoms with Gasteiger partial charge in [0.2, 0.25) is 11.2 Å². The first-order valence-electron chi connectivity index (χ1n) is 5.75. The predicted octanol–water partition coefficient (Wildman–Crippen LogP) is 3.91. The van der Waals surface area contributed by atoms with Crippen LogP contribution in [0.2, 0.25) is 0 Å². The molecule has 2 aromatic carbocycles. The molecule has 0 fully saturated rings. The molecule has 0 aromatic heterocycles. The van der Waals surface area contributed by atoms with Gasteiger partial charge in [-0.05, 0) is 11.1 Å². The zero-order valence-electron chi connectivity index (χ0n) is 9.62. The first kappa shape index (κ1) is 10.5. The summed E-state index contributed by atoms with van der Waals surface area (Å²) in [5, 5.41) is 19.2. The van der Waals surface area contributed by atoms with Crippen LogP contribution in [0.25, 0.3) is 10.7 Å². The van der Waals surface area contributed by atoms with Crippen LogP contribution in [-0.2, 0) is 0 Å². The lowest BCUT2D eigenvalue weighted by molar-refractivity contribution is 0.509. The van der Waals surface area contributed by atoms with Gasteiger partial charge in [0.25, 0.3) is 0 Å². The number of aliphatic hydroxyl groups is 1. The van der Waals surface area contributed by atoms with Gasteiger partial charge < -0.3 is 5.11 Å². The minimum Gasteiger partial charge on any atom is -0.501 e. The molecule has 18 heavy (non-hydrogen) atoms. The second kappa shape index (κ2) is 4.01. The van der Waals surface area contributed by atoms with Crippen LogP contribution in [0.5, 0.6) is 0 Å². The summed E-state index contributed by atoms with van der Waals surface area (Å²) >= 11 is 0. The smallest absolute Gasteiger partial charge is 0.414 e. The maximum atomic E-state index is 10.1. The molecule has 0 radical (unpaired) electrons. The van der Waals surface area contributed by atoms with Gasteiger partial charge in [-0.3, -0.25) is 0 Å². The SMILES string of the molecule is N#[N+]C1=C(O)c2ccccc2C1c1ccccc1. The van der Waals surface area contributed by atoms with E-state index in [1.54, 1.807) is 0 Å². The molecule has 1 aliphatic carbocycles. The number of diazo groups is 1. The molecule has 1 atom stereocenters. The Hall–Kier alpha value is -2.60. The summed E-state index contributed by atoms with van der Waals surface area (Å²) in [5.41, 5.74) is 3.01. The third-order valence-corrected chi connectivity index (χ3v) is 3.28. The van der Waals surface area contributed by atoms with E-state index in [0.29, 0.717) is 5.70 Å². The van der Waals surface area contributed by atoms with Gasteiger partial charge in [-0.15, -0.1) is 0 Å². The van der Waals surface area contributed by atoms with Gasteiger partial charge in [-0.1, -0.05) is 54.6 Å². The predicted molar refractivity (Wildman–Crippen MR) is 69.4 cm³/mol. The van der Waals surface area contributed by atoms with Crippen molar-refractivity contribution in [2.24, 2.45) is 0 Å². The van der Waals surface area contributed by atoms with Crippen molar-refractivity contribution >= 4 is 5.76 Å². The summed E-state index contributed by atoms with van der Waals surface area (Å²) in [6, 6.07) is 17.3. The second-order valence-corrected chi connectivity index (χ2v) is 4.26. The molecule has 0 saturated heterocycles. The zero-order valence-corrected chi connectivity index (χ0v) is 9.62. The highest BCUT2D eigenvalue weighted by atomic mass is 16.3. The van der Waals surface area contributed by atoms with E-state index in [9.17, 15) is 5.11 Å². The Bertz CT molecular complexity index is 668. The fourth-order valence-electron chi connectivity index (χ4n) is 2.47. The van der Waals surface area contributed by atoms with Crippen LogP contribution in [0.1, 0.15) is 22.6 Å². The summed E-state index contributed by atoms with van der Waals surface area (Å²) in [4.78, 5) is 3.27. The third-order valence-electron chi connectivity index (χ3n) is 3.28. The van der Waals surface area contributed by atoms with Crippen molar-refractivity contribution in [2.45, 2.75) is 5.92 Å². The van der Waals surface area contributed by atoms with Crippen molar-refractivity contribution in [3.8, 4) is 0 Å². The van der Waals surface area contributed by atoms with Gasteiger partial charge in [-0.2, -0.15) is 0 Å². The fraction of sp³-hybridized carbons (Fsp3) is 0.0667. The third kappa shape index (κ3) is 1.40. The maximum Gasteiger partial charge on any atom is 0.414 e. The van der Waals surface area contributed by atoms with Crippen molar-refractivity contribution in [3.63, 3.8) is 0 Å². The molecule has 86 valence electrons. The average Bonchev–Trinajstić information content (AvgIpc) is 2.73. The molecule has 1 N–H and O–H groups in total. The highest BCUT2D eigenvalue weighted by Gasteiger charge is 2.41. The van der Waals surface area contributed by atoms with Crippen molar-refractivity contribution in [2.75, 3.05) is 0 Å². The molecule has 0 bridgehead atoms. The van der Waals surface area contributed by atoms with Crippen LogP contribution in [0.4, 0.5) is 0 Å². The highest BCUT2D eigenvalue weighted by Crippen LogP contribution is 2.44. The average molecular weight is 235 g/mol. The number of aliphatic hydroxyl groups excluding tert-OH is 1. The number of allylic oxidation sites excluding steroid dienone is 1. The molecular formula is C15H11N2O+. The highest BCUT2D eigenvalue weighted by molar-refractivity contribution is 5.76. The second-order valence-electron chi connectivity index (χ2n) is 4.26. The molecule has 3 nitrogen and oxygen atoms in total. The number of rotatable bonds is 1. The van der Waals surface area contributed by atoms with E-state index in [1.807, 2.05) is 54.6 Å². The molecule has 0 amide bonds. The van der Waals surface area contributed by atoms with Crippen LogP contribution in [0.3, 0.4) is 0 Å². The van der Waals surface area contributed by atoms with Gasteiger partial charge in [-0.25, -0.2) is 0 Å². The molecule has 0 aliphatic heterocycles. The lowest BCUT2D eigenvalue weighted by Gasteiger charge is -2.07. The number of hydrogen-bond donors (Lipinski definition) is 1. The van der Waals surface area contributed by atoms with Crippen LogP contribution < -0.4 is 0 Å². The minimum absolute atomic E-state index is 0.0574. The first-order chi connectivity index (χ1) is 8.83. The van der Waals surface area contributed by atoms with Crippen molar-refractivity contribution in [3.05, 3.63) is 82.0 Å². The van der Waals surface area contributed by atoms with E-state index in [1.165, 1.54) is 0 Å². The van der Waals surface area contributed by atoms with Crippen molar-refractivity contribution in [1.29, 1.82) is 5.39 Å². The van der Waals surface area contributed by atoms with E-state index >= 15 is 0 Å². The minimum atomic E-state index is -0.201. The molecule has 0 saturated carbocycles. The Kier molecular flexibility index (Phi) is 2.35. The van der Waals surface area contributed by atoms with Gasteiger partial charge in [0, 0.05) is 5.56 Å². The monoisotopic (exact) mass is 235 g/mol. The van der Waals surface area contributed by atoms with Gasteiger partial charge >= 0.3 is 5.70 Å². The molecule has 0 spiro atoms. The lowest BCUT2D eigenvalue weighted by atomic mass is 9.91. The summed E-state index contributed by atoms with van der Waals surface area (Å²) < 4.78 is 0. The standard InChI is InChI=1S/C15H10N2O/c16-17-14-13(10-6-2-1-3-7-10)11-8-4-5-9-12(11)15(14)18/h1-9,13H/p+1. The summed E-state index contributed by atoms with van der Waals surface area (Å²) in [5.74, 6) is -0.144. The Balaban J connectivity index is 2.24. The van der Waals surface area contributed by atoms with Crippen LogP contribution in [-0.4, -0.2) is 5.11 Å². The van der Waals surface area contributed by atoms with E-state index in [0.717, 1.165) is 16.7 Å². The number of hydrogen-bond acceptors (Lipinski definition) is 2. The Labute approximate surface area is 105 Å². The maximum absolute atomic E-state index is 10.1. The summed E-state index contributed by atoms with van der Waals surface area (Å²) in [7, 11) is 0. The largest absolute Gasteiger partial charge is 0.501 e. The molecule has 0 heterocycles. The van der Waals surface area contributed by atoms with E-state index in [-0.39, 0.29) is 11.7 Å². The molecule has 2 aromatic rings. The number of benzene rings is 2. The Morgan fingerprint density at radius 2 is 1.61 bits per heavy atom. The van der Waals surface area contributed by atoms with E-state index in [2.05, 4.69) is 4.98 Å². The quantitative estimate of drug-likeness (QED) is 0.762. The van der Waals surface area contributed by atoms with Crippen LogP contribution in [0, 0.1) is 5.39 Å². The Morgan fingerprint density at radius 3 is 2.33 bits per heavy atom. The molecule has 1 aliphatic rings. The Morgan fingerprint density at radius 1 is 0.944 bits per heavy atom. The van der Waals surface area contributed by atoms with Crippen molar-refractivity contribution < 1.29 is 5.11 Å². The van der Waals surface area contributed by atoms with Crippen LogP contribution in [0.15, 0.2) is 60.3 Å². The zero-order chi connectivity index (χ0) is 12.5. The fourth-order valence-corrected chi connectivity index (χ4v) is 2.47. The summed E-state index contributed by atoms with van der Waals surface area (Å²) in [6.45, 7) is 0. The number of nitrogens with zero attached hydrogens (tertiary/aromatic N) is 2. The molecular weight excluding hydrogens is 224 g/mol. The lowest BCUT2D eigenvalue weighted by Crippen LogP contribution is -1.98.